The third-order valence-corrected chi connectivity index (χ3v) is 3.70. The lowest BCUT2D eigenvalue weighted by molar-refractivity contribution is -0.141. The zero-order valence-corrected chi connectivity index (χ0v) is 12.7. The molecule has 6 heteroatoms. The monoisotopic (exact) mass is 306 g/mol. The molecule has 1 saturated heterocycles. The largest absolute Gasteiger partial charge is 0.496 e. The van der Waals surface area contributed by atoms with Gasteiger partial charge in [-0.1, -0.05) is 6.07 Å². The van der Waals surface area contributed by atoms with Crippen LogP contribution in [-0.2, 0) is 14.3 Å². The fourth-order valence-corrected chi connectivity index (χ4v) is 2.84. The van der Waals surface area contributed by atoms with Gasteiger partial charge < -0.3 is 14.6 Å². The Morgan fingerprint density at radius 3 is 2.64 bits per heavy atom. The van der Waals surface area contributed by atoms with Crippen LogP contribution in [0.4, 0.5) is 0 Å². The molecular formula is C16H18O6. The van der Waals surface area contributed by atoms with Gasteiger partial charge in [0.05, 0.1) is 25.5 Å². The minimum Gasteiger partial charge on any atom is -0.496 e. The summed E-state index contributed by atoms with van der Waals surface area (Å²) in [4.78, 5) is 35.1. The smallest absolute Gasteiger partial charge is 0.306 e. The van der Waals surface area contributed by atoms with Gasteiger partial charge in [-0.15, -0.1) is 0 Å². The first-order valence-electron chi connectivity index (χ1n) is 6.94. The number of carbonyl (C=O) groups excluding carboxylic acids is 2. The van der Waals surface area contributed by atoms with Crippen LogP contribution in [0.5, 0.6) is 5.75 Å². The van der Waals surface area contributed by atoms with Crippen molar-refractivity contribution in [3.63, 3.8) is 0 Å². The third kappa shape index (κ3) is 3.10. The van der Waals surface area contributed by atoms with Crippen molar-refractivity contribution >= 4 is 17.7 Å². The van der Waals surface area contributed by atoms with Crippen molar-refractivity contribution in [2.45, 2.75) is 32.8 Å². The van der Waals surface area contributed by atoms with Crippen LogP contribution < -0.4 is 4.74 Å². The van der Waals surface area contributed by atoms with Crippen molar-refractivity contribution in [3.8, 4) is 5.75 Å². The number of ketones is 1. The molecule has 1 aromatic rings. The Hall–Kier alpha value is -2.37. The van der Waals surface area contributed by atoms with Gasteiger partial charge in [-0.05, 0) is 31.0 Å². The van der Waals surface area contributed by atoms with Crippen LogP contribution in [0.3, 0.4) is 0 Å². The lowest BCUT2D eigenvalue weighted by atomic mass is 9.90. The lowest BCUT2D eigenvalue weighted by Crippen LogP contribution is -2.29. The van der Waals surface area contributed by atoms with Crippen molar-refractivity contribution in [2.24, 2.45) is 5.92 Å². The second-order valence-electron chi connectivity index (χ2n) is 5.50. The Balaban J connectivity index is 2.38. The number of hydrogen-bond donors (Lipinski definition) is 1. The van der Waals surface area contributed by atoms with E-state index in [-0.39, 0.29) is 12.8 Å². The highest BCUT2D eigenvalue weighted by molar-refractivity contribution is 6.04. The number of carbonyl (C=O) groups is 3. The molecule has 1 aromatic carbocycles. The van der Waals surface area contributed by atoms with Crippen molar-refractivity contribution in [1.82, 2.24) is 0 Å². The summed E-state index contributed by atoms with van der Waals surface area (Å²) in [6.07, 6.45) is -1.41. The molecule has 2 rings (SSSR count). The number of aryl methyl sites for hydroxylation is 2. The van der Waals surface area contributed by atoms with Crippen molar-refractivity contribution in [1.29, 1.82) is 0 Å². The molecule has 0 unspecified atom stereocenters. The molecule has 0 saturated carbocycles. The number of carboxylic acid groups (broad SMARTS) is 1. The molecule has 1 aliphatic heterocycles. The van der Waals surface area contributed by atoms with E-state index in [1.54, 1.807) is 6.07 Å². The summed E-state index contributed by atoms with van der Waals surface area (Å²) in [6, 6.07) is 3.54. The fourth-order valence-electron chi connectivity index (χ4n) is 2.84. The minimum absolute atomic E-state index is 0.0597. The molecule has 6 nitrogen and oxygen atoms in total. The van der Waals surface area contributed by atoms with Crippen LogP contribution in [-0.4, -0.2) is 36.0 Å². The normalized spacial score (nSPS) is 20.6. The fraction of sp³-hybridized carbons (Fsp3) is 0.438. The van der Waals surface area contributed by atoms with Gasteiger partial charge in [0.1, 0.15) is 5.75 Å². The first kappa shape index (κ1) is 16.0. The second-order valence-corrected chi connectivity index (χ2v) is 5.50. The maximum absolute atomic E-state index is 12.7. The van der Waals surface area contributed by atoms with Gasteiger partial charge in [0.25, 0.3) is 0 Å². The van der Waals surface area contributed by atoms with Crippen LogP contribution in [0.25, 0.3) is 0 Å². The lowest BCUT2D eigenvalue weighted by Gasteiger charge is -2.18. The molecule has 1 heterocycles. The Kier molecular flexibility index (Phi) is 4.49. The van der Waals surface area contributed by atoms with Crippen LogP contribution in [0, 0.1) is 19.8 Å². The van der Waals surface area contributed by atoms with Gasteiger partial charge in [-0.25, -0.2) is 0 Å². The molecule has 22 heavy (non-hydrogen) atoms. The molecule has 0 spiro atoms. The Morgan fingerprint density at radius 1 is 1.36 bits per heavy atom. The highest BCUT2D eigenvalue weighted by Crippen LogP contribution is 2.32. The molecule has 1 fully saturated rings. The number of hydrogen-bond acceptors (Lipinski definition) is 5. The number of cyclic esters (lactones) is 1. The van der Waals surface area contributed by atoms with E-state index in [0.717, 1.165) is 11.1 Å². The highest BCUT2D eigenvalue weighted by Gasteiger charge is 2.42. The molecule has 118 valence electrons. The summed E-state index contributed by atoms with van der Waals surface area (Å²) in [7, 11) is 1.46. The molecule has 2 atom stereocenters. The zero-order chi connectivity index (χ0) is 16.4. The third-order valence-electron chi connectivity index (χ3n) is 3.70. The molecule has 0 radical (unpaired) electrons. The topological polar surface area (TPSA) is 89.9 Å². The Labute approximate surface area is 128 Å². The van der Waals surface area contributed by atoms with E-state index < -0.39 is 29.7 Å². The zero-order valence-electron chi connectivity index (χ0n) is 12.7. The van der Waals surface area contributed by atoms with Crippen molar-refractivity contribution < 1.29 is 29.0 Å². The van der Waals surface area contributed by atoms with E-state index in [4.69, 9.17) is 14.6 Å². The van der Waals surface area contributed by atoms with E-state index >= 15 is 0 Å². The van der Waals surface area contributed by atoms with Gasteiger partial charge in [0.15, 0.2) is 6.10 Å². The van der Waals surface area contributed by atoms with E-state index in [1.807, 2.05) is 19.9 Å². The number of ether oxygens (including phenoxy) is 2. The molecule has 1 N–H and O–H groups in total. The molecule has 0 amide bonds. The number of methoxy groups -OCH3 is 1. The van der Waals surface area contributed by atoms with E-state index in [1.165, 1.54) is 7.11 Å². The SMILES string of the molecule is COc1c(C)cc(C)cc1C(=O)[C@H]1OC(=O)C[C@H]1CC(=O)O. The number of rotatable bonds is 5. The number of Topliss-reactive ketones (excluding diaryl/α,β-unsaturated/α-hetero) is 1. The van der Waals surface area contributed by atoms with Gasteiger partial charge in [-0.2, -0.15) is 0 Å². The first-order chi connectivity index (χ1) is 10.3. The summed E-state index contributed by atoms with van der Waals surface area (Å²) in [5, 5.41) is 8.92. The maximum Gasteiger partial charge on any atom is 0.306 e. The van der Waals surface area contributed by atoms with E-state index in [9.17, 15) is 14.4 Å². The summed E-state index contributed by atoms with van der Waals surface area (Å²) in [5.41, 5.74) is 1.99. The quantitative estimate of drug-likeness (QED) is 0.660. The highest BCUT2D eigenvalue weighted by atomic mass is 16.6. The predicted octanol–water partition coefficient (Wildman–Crippen LogP) is 1.90. The van der Waals surface area contributed by atoms with Crippen LogP contribution >= 0.6 is 0 Å². The maximum atomic E-state index is 12.7. The Bertz CT molecular complexity index is 634. The predicted molar refractivity (Wildman–Crippen MR) is 77.0 cm³/mol. The molecule has 0 aliphatic carbocycles. The average molecular weight is 306 g/mol. The molecule has 1 aliphatic rings. The molecule has 0 bridgehead atoms. The van der Waals surface area contributed by atoms with Crippen molar-refractivity contribution in [3.05, 3.63) is 28.8 Å². The second kappa shape index (κ2) is 6.17. The number of carboxylic acids is 1. The standard InChI is InChI=1S/C16H18O6/c1-8-4-9(2)15(21-3)11(5-8)14(20)16-10(6-12(17)18)7-13(19)22-16/h4-5,10,16H,6-7H2,1-3H3,(H,17,18)/t10-,16+/m1/s1. The van der Waals surface area contributed by atoms with E-state index in [2.05, 4.69) is 0 Å². The summed E-state index contributed by atoms with van der Waals surface area (Å²) in [6.45, 7) is 3.66. The van der Waals surface area contributed by atoms with Crippen LogP contribution in [0.2, 0.25) is 0 Å². The number of esters is 1. The van der Waals surface area contributed by atoms with Crippen LogP contribution in [0.15, 0.2) is 12.1 Å². The molecule has 0 aromatic heterocycles. The van der Waals surface area contributed by atoms with Gasteiger partial charge in [-0.3, -0.25) is 14.4 Å². The van der Waals surface area contributed by atoms with Crippen molar-refractivity contribution in [2.75, 3.05) is 7.11 Å². The van der Waals surface area contributed by atoms with Crippen LogP contribution in [0.1, 0.15) is 34.3 Å². The van der Waals surface area contributed by atoms with Gasteiger partial charge in [0.2, 0.25) is 5.78 Å². The van der Waals surface area contributed by atoms with Gasteiger partial charge >= 0.3 is 11.9 Å². The number of benzene rings is 1. The molecular weight excluding hydrogens is 288 g/mol. The average Bonchev–Trinajstić information content (AvgIpc) is 2.77. The summed E-state index contributed by atoms with van der Waals surface area (Å²) >= 11 is 0. The van der Waals surface area contributed by atoms with E-state index in [0.29, 0.717) is 11.3 Å². The Morgan fingerprint density at radius 2 is 2.05 bits per heavy atom. The minimum atomic E-state index is -1.07. The first-order valence-corrected chi connectivity index (χ1v) is 6.94. The summed E-state index contributed by atoms with van der Waals surface area (Å²) < 4.78 is 10.3. The number of aliphatic carboxylic acids is 1. The van der Waals surface area contributed by atoms with Gasteiger partial charge in [0, 0.05) is 5.92 Å². The summed E-state index contributed by atoms with van der Waals surface area (Å²) in [5.74, 6) is -2.25.